The molecule has 1 unspecified atom stereocenters. The lowest BCUT2D eigenvalue weighted by atomic mass is 9.98. The summed E-state index contributed by atoms with van der Waals surface area (Å²) in [5.74, 6) is 1.54. The van der Waals surface area contributed by atoms with Gasteiger partial charge in [-0.15, -0.1) is 0 Å². The molecule has 0 saturated heterocycles. The van der Waals surface area contributed by atoms with Crippen molar-refractivity contribution in [3.05, 3.63) is 0 Å². The van der Waals surface area contributed by atoms with Crippen molar-refractivity contribution in [1.82, 2.24) is 10.4 Å². The molecule has 0 radical (unpaired) electrons. The lowest BCUT2D eigenvalue weighted by Gasteiger charge is -2.22. The van der Waals surface area contributed by atoms with Crippen molar-refractivity contribution in [3.8, 4) is 0 Å². The molecule has 62 valence electrons. The summed E-state index contributed by atoms with van der Waals surface area (Å²) in [6.07, 6.45) is 0. The molecule has 0 aromatic heterocycles. The van der Waals surface area contributed by atoms with Crippen LogP contribution in [-0.4, -0.2) is 25.6 Å². The predicted molar refractivity (Wildman–Crippen MR) is 45.7 cm³/mol. The van der Waals surface area contributed by atoms with Crippen LogP contribution < -0.4 is 5.43 Å². The molecule has 1 N–H and O–H groups in total. The third-order valence-corrected chi connectivity index (χ3v) is 2.08. The summed E-state index contributed by atoms with van der Waals surface area (Å²) in [5, 5.41) is 2.12. The molecule has 2 heteroatoms. The smallest absolute Gasteiger partial charge is 0.0155 e. The van der Waals surface area contributed by atoms with E-state index in [2.05, 4.69) is 38.3 Å². The summed E-state index contributed by atoms with van der Waals surface area (Å²) in [6, 6.07) is 0. The number of nitrogens with one attached hydrogen (secondary N) is 1. The van der Waals surface area contributed by atoms with Crippen molar-refractivity contribution in [3.63, 3.8) is 0 Å². The maximum Gasteiger partial charge on any atom is 0.0155 e. The minimum atomic E-state index is 0.762. The minimum Gasteiger partial charge on any atom is -0.259 e. The van der Waals surface area contributed by atoms with E-state index in [-0.39, 0.29) is 0 Å². The molecule has 0 amide bonds. The van der Waals surface area contributed by atoms with Crippen LogP contribution in [0.1, 0.15) is 20.8 Å². The summed E-state index contributed by atoms with van der Waals surface area (Å²) < 4.78 is 0. The number of rotatable bonds is 4. The van der Waals surface area contributed by atoms with E-state index in [1.54, 1.807) is 0 Å². The Labute approximate surface area is 64.6 Å². The van der Waals surface area contributed by atoms with Crippen LogP contribution in [0.4, 0.5) is 0 Å². The van der Waals surface area contributed by atoms with Crippen LogP contribution in [0.3, 0.4) is 0 Å². The molecule has 0 fully saturated rings. The first kappa shape index (κ1) is 9.92. The van der Waals surface area contributed by atoms with Crippen LogP contribution in [0.15, 0.2) is 0 Å². The molecule has 0 bridgehead atoms. The lowest BCUT2D eigenvalue weighted by molar-refractivity contribution is 0.199. The van der Waals surface area contributed by atoms with E-state index in [0.29, 0.717) is 0 Å². The quantitative estimate of drug-likeness (QED) is 0.599. The largest absolute Gasteiger partial charge is 0.259 e. The topological polar surface area (TPSA) is 15.3 Å². The monoisotopic (exact) mass is 144 g/mol. The van der Waals surface area contributed by atoms with E-state index >= 15 is 0 Å². The van der Waals surface area contributed by atoms with Gasteiger partial charge in [0.25, 0.3) is 0 Å². The standard InChI is InChI=1S/C8H20N2/c1-7(2)8(3)6-10(5)9-4/h7-9H,6H2,1-5H3. The van der Waals surface area contributed by atoms with Crippen molar-refractivity contribution < 1.29 is 0 Å². The first-order valence-electron chi connectivity index (χ1n) is 3.96. The summed E-state index contributed by atoms with van der Waals surface area (Å²) in [5.41, 5.74) is 3.08. The maximum atomic E-state index is 3.08. The molecule has 10 heavy (non-hydrogen) atoms. The van der Waals surface area contributed by atoms with E-state index < -0.39 is 0 Å². The average molecular weight is 144 g/mol. The Morgan fingerprint density at radius 1 is 1.30 bits per heavy atom. The fourth-order valence-corrected chi connectivity index (χ4v) is 0.734. The molecule has 0 heterocycles. The third-order valence-electron chi connectivity index (χ3n) is 2.08. The second-order valence-corrected chi connectivity index (χ2v) is 3.33. The van der Waals surface area contributed by atoms with Crippen LogP contribution in [-0.2, 0) is 0 Å². The van der Waals surface area contributed by atoms with Crippen molar-refractivity contribution in [2.45, 2.75) is 20.8 Å². The van der Waals surface area contributed by atoms with Gasteiger partial charge in [-0.25, -0.2) is 5.01 Å². The summed E-state index contributed by atoms with van der Waals surface area (Å²) >= 11 is 0. The van der Waals surface area contributed by atoms with E-state index in [9.17, 15) is 0 Å². The van der Waals surface area contributed by atoms with Crippen molar-refractivity contribution in [2.24, 2.45) is 11.8 Å². The summed E-state index contributed by atoms with van der Waals surface area (Å²) in [4.78, 5) is 0. The van der Waals surface area contributed by atoms with Crippen LogP contribution in [0, 0.1) is 11.8 Å². The number of hydrogen-bond donors (Lipinski definition) is 1. The first-order valence-corrected chi connectivity index (χ1v) is 3.96. The Morgan fingerprint density at radius 2 is 1.80 bits per heavy atom. The number of nitrogens with zero attached hydrogens (tertiary/aromatic N) is 1. The van der Waals surface area contributed by atoms with Gasteiger partial charge in [-0.05, 0) is 18.9 Å². The van der Waals surface area contributed by atoms with Gasteiger partial charge < -0.3 is 0 Å². The Morgan fingerprint density at radius 3 is 2.10 bits per heavy atom. The van der Waals surface area contributed by atoms with Crippen molar-refractivity contribution in [2.75, 3.05) is 20.6 Å². The van der Waals surface area contributed by atoms with Crippen LogP contribution in [0.25, 0.3) is 0 Å². The fraction of sp³-hybridized carbons (Fsp3) is 1.00. The van der Waals surface area contributed by atoms with Gasteiger partial charge in [-0.1, -0.05) is 20.8 Å². The number of hydrazine groups is 1. The van der Waals surface area contributed by atoms with E-state index in [0.717, 1.165) is 18.4 Å². The molecule has 0 saturated carbocycles. The molecule has 0 rings (SSSR count). The molecule has 2 nitrogen and oxygen atoms in total. The van der Waals surface area contributed by atoms with Gasteiger partial charge in [-0.3, -0.25) is 5.43 Å². The average Bonchev–Trinajstić information content (AvgIpc) is 1.87. The van der Waals surface area contributed by atoms with Crippen molar-refractivity contribution in [1.29, 1.82) is 0 Å². The fourth-order valence-electron chi connectivity index (χ4n) is 0.734. The van der Waals surface area contributed by atoms with Gasteiger partial charge >= 0.3 is 0 Å². The highest BCUT2D eigenvalue weighted by atomic mass is 15.5. The van der Waals surface area contributed by atoms with Gasteiger partial charge in [0.1, 0.15) is 0 Å². The molecule has 0 aromatic carbocycles. The Kier molecular flexibility index (Phi) is 4.65. The number of hydrogen-bond acceptors (Lipinski definition) is 2. The predicted octanol–water partition coefficient (Wildman–Crippen LogP) is 1.34. The zero-order valence-electron chi connectivity index (χ0n) is 7.81. The minimum absolute atomic E-state index is 0.762. The Hall–Kier alpha value is -0.0800. The van der Waals surface area contributed by atoms with Crippen LogP contribution >= 0.6 is 0 Å². The summed E-state index contributed by atoms with van der Waals surface area (Å²) in [7, 11) is 4.02. The molecular formula is C8H20N2. The van der Waals surface area contributed by atoms with E-state index in [4.69, 9.17) is 0 Å². The zero-order chi connectivity index (χ0) is 8.15. The van der Waals surface area contributed by atoms with Gasteiger partial charge in [0.05, 0.1) is 0 Å². The van der Waals surface area contributed by atoms with Gasteiger partial charge in [-0.2, -0.15) is 0 Å². The van der Waals surface area contributed by atoms with E-state index in [1.807, 2.05) is 7.05 Å². The molecule has 0 aliphatic heterocycles. The zero-order valence-corrected chi connectivity index (χ0v) is 7.81. The molecule has 0 aromatic rings. The first-order chi connectivity index (χ1) is 4.57. The van der Waals surface area contributed by atoms with Gasteiger partial charge in [0, 0.05) is 13.6 Å². The molecular weight excluding hydrogens is 124 g/mol. The van der Waals surface area contributed by atoms with Crippen molar-refractivity contribution >= 4 is 0 Å². The summed E-state index contributed by atoms with van der Waals surface area (Å²) in [6.45, 7) is 7.91. The molecule has 1 atom stereocenters. The van der Waals surface area contributed by atoms with E-state index in [1.165, 1.54) is 0 Å². The third kappa shape index (κ3) is 3.85. The normalized spacial score (nSPS) is 14.7. The molecule has 0 spiro atoms. The van der Waals surface area contributed by atoms with Gasteiger partial charge in [0.15, 0.2) is 0 Å². The second-order valence-electron chi connectivity index (χ2n) is 3.33. The molecule has 0 aliphatic rings. The SMILES string of the molecule is CNN(C)CC(C)C(C)C. The Bertz CT molecular complexity index is 81.3. The highest BCUT2D eigenvalue weighted by molar-refractivity contribution is 4.58. The second kappa shape index (κ2) is 4.69. The highest BCUT2D eigenvalue weighted by Gasteiger charge is 2.08. The van der Waals surface area contributed by atoms with Gasteiger partial charge in [0.2, 0.25) is 0 Å². The molecule has 0 aliphatic carbocycles. The maximum absolute atomic E-state index is 3.08. The highest BCUT2D eigenvalue weighted by Crippen LogP contribution is 2.09. The van der Waals surface area contributed by atoms with Crippen LogP contribution in [0.5, 0.6) is 0 Å². The van der Waals surface area contributed by atoms with Crippen LogP contribution in [0.2, 0.25) is 0 Å². The lowest BCUT2D eigenvalue weighted by Crippen LogP contribution is -2.35. The Balaban J connectivity index is 3.46.